The van der Waals surface area contributed by atoms with Gasteiger partial charge in [-0.1, -0.05) is 24.3 Å². The van der Waals surface area contributed by atoms with Gasteiger partial charge in [0.25, 0.3) is 0 Å². The number of rotatable bonds is 7. The summed E-state index contributed by atoms with van der Waals surface area (Å²) in [4.78, 5) is 17.9. The number of hydrogen-bond donors (Lipinski definition) is 3. The highest BCUT2D eigenvalue weighted by molar-refractivity contribution is 5.82. The van der Waals surface area contributed by atoms with E-state index in [9.17, 15) is 4.79 Å². The Morgan fingerprint density at radius 3 is 2.70 bits per heavy atom. The highest BCUT2D eigenvalue weighted by Gasteiger charge is 2.43. The zero-order valence-electron chi connectivity index (χ0n) is 19.4. The monoisotopic (exact) mass is 449 g/mol. The van der Waals surface area contributed by atoms with Crippen molar-refractivity contribution in [2.75, 3.05) is 51.3 Å². The van der Waals surface area contributed by atoms with Crippen LogP contribution in [-0.4, -0.2) is 63.2 Å². The predicted molar refractivity (Wildman–Crippen MR) is 130 cm³/mol. The van der Waals surface area contributed by atoms with E-state index in [1.54, 1.807) is 7.11 Å². The van der Waals surface area contributed by atoms with Gasteiger partial charge in [-0.15, -0.1) is 0 Å². The molecule has 0 aromatic heterocycles. The molecule has 2 aromatic rings. The first kappa shape index (κ1) is 22.2. The molecule has 0 spiro atoms. The van der Waals surface area contributed by atoms with E-state index < -0.39 is 0 Å². The molecule has 5 rings (SSSR count). The van der Waals surface area contributed by atoms with Gasteiger partial charge in [0.1, 0.15) is 11.8 Å². The van der Waals surface area contributed by atoms with Crippen LogP contribution in [0.1, 0.15) is 30.0 Å². The highest BCUT2D eigenvalue weighted by Crippen LogP contribution is 2.40. The van der Waals surface area contributed by atoms with Crippen molar-refractivity contribution >= 4 is 11.6 Å². The van der Waals surface area contributed by atoms with E-state index >= 15 is 0 Å². The fraction of sp³-hybridized carbons (Fsp3) is 0.500. The van der Waals surface area contributed by atoms with Crippen LogP contribution in [0.25, 0.3) is 0 Å². The van der Waals surface area contributed by atoms with E-state index in [0.29, 0.717) is 0 Å². The number of amides is 1. The molecule has 0 radical (unpaired) electrons. The van der Waals surface area contributed by atoms with Crippen LogP contribution in [0.4, 0.5) is 5.69 Å². The van der Waals surface area contributed by atoms with Gasteiger partial charge < -0.3 is 15.0 Å². The third kappa shape index (κ3) is 4.86. The van der Waals surface area contributed by atoms with E-state index in [2.05, 4.69) is 68.4 Å². The molecule has 2 aliphatic heterocycles. The smallest absolute Gasteiger partial charge is 0.238 e. The van der Waals surface area contributed by atoms with Crippen molar-refractivity contribution in [2.24, 2.45) is 5.92 Å². The average Bonchev–Trinajstić information content (AvgIpc) is 3.32. The van der Waals surface area contributed by atoms with E-state index in [1.165, 1.54) is 16.8 Å². The number of nitrogens with zero attached hydrogens (tertiary/aromatic N) is 2. The number of piperazine rings is 1. The zero-order valence-corrected chi connectivity index (χ0v) is 19.4. The molecule has 1 amide bonds. The van der Waals surface area contributed by atoms with Crippen molar-refractivity contribution in [1.82, 2.24) is 21.1 Å². The molecule has 3 unspecified atom stereocenters. The Bertz CT molecular complexity index is 945. The third-order valence-electron chi connectivity index (χ3n) is 7.41. The van der Waals surface area contributed by atoms with Crippen molar-refractivity contribution < 1.29 is 9.53 Å². The number of methoxy groups -OCH3 is 1. The molecule has 2 fully saturated rings. The molecule has 2 heterocycles. The van der Waals surface area contributed by atoms with Crippen LogP contribution >= 0.6 is 0 Å². The summed E-state index contributed by atoms with van der Waals surface area (Å²) in [7, 11) is 1.70. The first-order valence-corrected chi connectivity index (χ1v) is 12.2. The second-order valence-corrected chi connectivity index (χ2v) is 9.32. The highest BCUT2D eigenvalue weighted by atomic mass is 16.5. The quantitative estimate of drug-likeness (QED) is 0.563. The van der Waals surface area contributed by atoms with Gasteiger partial charge in [0.05, 0.1) is 13.2 Å². The first-order chi connectivity index (χ1) is 16.2. The average molecular weight is 450 g/mol. The SMILES string of the molecule is COc1ccc2c(c1)CCC1C(C(=O)NCCCN3CCN(c4ccccc4)CC3)NNC21. The molecule has 2 saturated heterocycles. The van der Waals surface area contributed by atoms with Crippen LogP contribution in [0.2, 0.25) is 0 Å². The van der Waals surface area contributed by atoms with Crippen LogP contribution in [-0.2, 0) is 11.2 Å². The van der Waals surface area contributed by atoms with Crippen LogP contribution in [0.15, 0.2) is 48.5 Å². The lowest BCUT2D eigenvalue weighted by Crippen LogP contribution is -2.48. The Morgan fingerprint density at radius 2 is 1.91 bits per heavy atom. The van der Waals surface area contributed by atoms with Gasteiger partial charge in [0.15, 0.2) is 0 Å². The maximum atomic E-state index is 12.9. The number of para-hydroxylation sites is 1. The minimum Gasteiger partial charge on any atom is -0.497 e. The number of hydrogen-bond acceptors (Lipinski definition) is 6. The Balaban J connectivity index is 1.05. The van der Waals surface area contributed by atoms with Gasteiger partial charge in [-0.25, -0.2) is 10.9 Å². The van der Waals surface area contributed by atoms with E-state index in [0.717, 1.165) is 64.3 Å². The fourth-order valence-electron chi connectivity index (χ4n) is 5.53. The second-order valence-electron chi connectivity index (χ2n) is 9.32. The Hall–Kier alpha value is -2.61. The molecule has 7 heteroatoms. The molecule has 2 aromatic carbocycles. The number of nitrogens with one attached hydrogen (secondary N) is 3. The van der Waals surface area contributed by atoms with Gasteiger partial charge in [0, 0.05) is 44.3 Å². The lowest BCUT2D eigenvalue weighted by molar-refractivity contribution is -0.123. The predicted octanol–water partition coefficient (Wildman–Crippen LogP) is 2.10. The largest absolute Gasteiger partial charge is 0.497 e. The van der Waals surface area contributed by atoms with Gasteiger partial charge in [-0.05, 0) is 61.2 Å². The van der Waals surface area contributed by atoms with Gasteiger partial charge in [-0.3, -0.25) is 9.69 Å². The number of aryl methyl sites for hydroxylation is 1. The molecule has 0 saturated carbocycles. The summed E-state index contributed by atoms with van der Waals surface area (Å²) in [5, 5.41) is 3.18. The summed E-state index contributed by atoms with van der Waals surface area (Å²) >= 11 is 0. The summed E-state index contributed by atoms with van der Waals surface area (Å²) in [5.74, 6) is 1.28. The van der Waals surface area contributed by atoms with Crippen molar-refractivity contribution in [2.45, 2.75) is 31.3 Å². The van der Waals surface area contributed by atoms with Crippen molar-refractivity contribution in [3.8, 4) is 5.75 Å². The maximum Gasteiger partial charge on any atom is 0.238 e. The minimum atomic E-state index is -0.181. The number of anilines is 1. The Labute approximate surface area is 196 Å². The number of hydrazine groups is 1. The Morgan fingerprint density at radius 1 is 1.09 bits per heavy atom. The first-order valence-electron chi connectivity index (χ1n) is 12.2. The normalized spacial score (nSPS) is 24.8. The number of fused-ring (bicyclic) bond motifs is 3. The number of benzene rings is 2. The number of ether oxygens (including phenoxy) is 1. The van der Waals surface area contributed by atoms with E-state index in [1.807, 2.05) is 6.07 Å². The third-order valence-corrected chi connectivity index (χ3v) is 7.41. The summed E-state index contributed by atoms with van der Waals surface area (Å²) in [5.41, 5.74) is 10.6. The molecule has 0 bridgehead atoms. The van der Waals surface area contributed by atoms with E-state index in [-0.39, 0.29) is 23.9 Å². The van der Waals surface area contributed by atoms with Crippen LogP contribution in [0.5, 0.6) is 5.75 Å². The summed E-state index contributed by atoms with van der Waals surface area (Å²) in [6.07, 6.45) is 2.96. The summed E-state index contributed by atoms with van der Waals surface area (Å²) < 4.78 is 5.37. The minimum absolute atomic E-state index is 0.112. The van der Waals surface area contributed by atoms with Crippen molar-refractivity contribution in [3.05, 3.63) is 59.7 Å². The molecule has 3 N–H and O–H groups in total. The lowest BCUT2D eigenvalue weighted by atomic mass is 9.77. The molecule has 7 nitrogen and oxygen atoms in total. The molecule has 1 aliphatic carbocycles. The standard InChI is InChI=1S/C26H35N5O2/c1-33-21-9-11-22-19(18-21)8-10-23-24(22)28-29-25(23)26(32)27-12-5-13-30-14-16-31(17-15-30)20-6-3-2-4-7-20/h2-4,6-7,9,11,18,23-25,28-29H,5,8,10,12-17H2,1H3,(H,27,32). The lowest BCUT2D eigenvalue weighted by Gasteiger charge is -2.36. The number of carbonyl (C=O) groups is 1. The van der Waals surface area contributed by atoms with Gasteiger partial charge in [0.2, 0.25) is 5.91 Å². The Kier molecular flexibility index (Phi) is 6.80. The molecule has 176 valence electrons. The van der Waals surface area contributed by atoms with Gasteiger partial charge >= 0.3 is 0 Å². The maximum absolute atomic E-state index is 12.9. The molecular weight excluding hydrogens is 414 g/mol. The fourth-order valence-corrected chi connectivity index (χ4v) is 5.53. The van der Waals surface area contributed by atoms with Crippen LogP contribution < -0.4 is 25.8 Å². The molecule has 3 atom stereocenters. The summed E-state index contributed by atoms with van der Waals surface area (Å²) in [6, 6.07) is 16.9. The zero-order chi connectivity index (χ0) is 22.6. The van der Waals surface area contributed by atoms with Crippen molar-refractivity contribution in [3.63, 3.8) is 0 Å². The van der Waals surface area contributed by atoms with Crippen molar-refractivity contribution in [1.29, 1.82) is 0 Å². The van der Waals surface area contributed by atoms with Crippen LogP contribution in [0, 0.1) is 5.92 Å². The molecule has 3 aliphatic rings. The summed E-state index contributed by atoms with van der Waals surface area (Å²) in [6.45, 7) is 6.02. The van der Waals surface area contributed by atoms with Gasteiger partial charge in [-0.2, -0.15) is 0 Å². The topological polar surface area (TPSA) is 68.9 Å². The van der Waals surface area contributed by atoms with Crippen LogP contribution in [0.3, 0.4) is 0 Å². The number of carbonyl (C=O) groups excluding carboxylic acids is 1. The molecular formula is C26H35N5O2. The second kappa shape index (κ2) is 10.1. The van der Waals surface area contributed by atoms with E-state index in [4.69, 9.17) is 4.74 Å². The molecule has 33 heavy (non-hydrogen) atoms.